The number of nitrogens with one attached hydrogen (secondary N) is 1. The van der Waals surface area contributed by atoms with E-state index in [1.807, 2.05) is 0 Å². The number of benzene rings is 1. The molecule has 0 saturated heterocycles. The summed E-state index contributed by atoms with van der Waals surface area (Å²) in [4.78, 5) is 7.19. The van der Waals surface area contributed by atoms with Gasteiger partial charge in [0.2, 0.25) is 12.1 Å². The average molecular weight is 314 g/mol. The molecule has 0 aliphatic carbocycles. The Balaban J connectivity index is 1.88. The second kappa shape index (κ2) is 4.80. The van der Waals surface area contributed by atoms with Crippen LogP contribution in [0.25, 0.3) is 0 Å². The van der Waals surface area contributed by atoms with Crippen LogP contribution in [0.1, 0.15) is 0 Å². The first kappa shape index (κ1) is 12.9. The fourth-order valence-electron chi connectivity index (χ4n) is 1.61. The zero-order valence-corrected chi connectivity index (χ0v) is 11.5. The maximum atomic E-state index is 12.1. The Morgan fingerprint density at radius 2 is 1.85 bits per heavy atom. The molecular formula is C11H8ClN3O4S. The van der Waals surface area contributed by atoms with Crippen LogP contribution in [-0.4, -0.2) is 25.2 Å². The van der Waals surface area contributed by atoms with Crippen LogP contribution in [-0.2, 0) is 10.0 Å². The number of aromatic nitrogens is 2. The van der Waals surface area contributed by atoms with Crippen LogP contribution in [0.15, 0.2) is 35.5 Å². The van der Waals surface area contributed by atoms with Gasteiger partial charge in [-0.2, -0.15) is 0 Å². The van der Waals surface area contributed by atoms with Gasteiger partial charge in [-0.1, -0.05) is 0 Å². The van der Waals surface area contributed by atoms with Crippen molar-refractivity contribution >= 4 is 27.3 Å². The average Bonchev–Trinajstić information content (AvgIpc) is 2.86. The van der Waals surface area contributed by atoms with Crippen LogP contribution >= 0.6 is 11.6 Å². The van der Waals surface area contributed by atoms with Gasteiger partial charge in [0.05, 0.1) is 18.1 Å². The highest BCUT2D eigenvalue weighted by Gasteiger charge is 2.18. The number of nitrogens with zero attached hydrogens (tertiary/aromatic N) is 2. The van der Waals surface area contributed by atoms with E-state index in [0.717, 1.165) is 12.4 Å². The van der Waals surface area contributed by atoms with Gasteiger partial charge in [-0.15, -0.1) is 0 Å². The van der Waals surface area contributed by atoms with Gasteiger partial charge >= 0.3 is 0 Å². The van der Waals surface area contributed by atoms with Crippen LogP contribution in [0.4, 0.5) is 5.69 Å². The number of anilines is 1. The summed E-state index contributed by atoms with van der Waals surface area (Å²) in [6.07, 6.45) is 2.26. The van der Waals surface area contributed by atoms with Crippen molar-refractivity contribution in [3.63, 3.8) is 0 Å². The van der Waals surface area contributed by atoms with Crippen molar-refractivity contribution < 1.29 is 17.9 Å². The monoisotopic (exact) mass is 313 g/mol. The van der Waals surface area contributed by atoms with Crippen LogP contribution in [0, 0.1) is 0 Å². The lowest BCUT2D eigenvalue weighted by Crippen LogP contribution is -2.13. The number of fused-ring (bicyclic) bond motifs is 1. The zero-order valence-electron chi connectivity index (χ0n) is 9.91. The summed E-state index contributed by atoms with van der Waals surface area (Å²) in [6.45, 7) is 0.122. The summed E-state index contributed by atoms with van der Waals surface area (Å²) in [5, 5.41) is -0.0213. The fraction of sp³-hybridized carbons (Fsp3) is 0.0909. The highest BCUT2D eigenvalue weighted by Crippen LogP contribution is 2.34. The Labute approximate surface area is 119 Å². The second-order valence-corrected chi connectivity index (χ2v) is 5.88. The molecule has 7 nitrogen and oxygen atoms in total. The molecule has 1 aromatic heterocycles. The van der Waals surface area contributed by atoms with Gasteiger partial charge in [0, 0.05) is 6.07 Å². The molecule has 1 N–H and O–H groups in total. The summed E-state index contributed by atoms with van der Waals surface area (Å²) in [5.74, 6) is 1.06. The number of hydrogen-bond acceptors (Lipinski definition) is 6. The Morgan fingerprint density at radius 3 is 2.60 bits per heavy atom. The largest absolute Gasteiger partial charge is 0.454 e. The maximum absolute atomic E-state index is 12.1. The third-order valence-electron chi connectivity index (χ3n) is 2.53. The molecule has 0 bridgehead atoms. The van der Waals surface area contributed by atoms with Crippen molar-refractivity contribution in [3.8, 4) is 11.5 Å². The maximum Gasteiger partial charge on any atom is 0.264 e. The van der Waals surface area contributed by atoms with E-state index in [9.17, 15) is 8.42 Å². The summed E-state index contributed by atoms with van der Waals surface area (Å²) in [7, 11) is -3.78. The van der Waals surface area contributed by atoms with Crippen LogP contribution in [0.2, 0.25) is 5.28 Å². The summed E-state index contributed by atoms with van der Waals surface area (Å²) < 4.78 is 36.9. The van der Waals surface area contributed by atoms with Gasteiger partial charge in [0.25, 0.3) is 10.0 Å². The minimum Gasteiger partial charge on any atom is -0.454 e. The van der Waals surface area contributed by atoms with Crippen molar-refractivity contribution in [2.45, 2.75) is 4.90 Å². The second-order valence-electron chi connectivity index (χ2n) is 3.86. The lowest BCUT2D eigenvalue weighted by Gasteiger charge is -2.08. The van der Waals surface area contributed by atoms with Gasteiger partial charge in [0.15, 0.2) is 11.5 Å². The van der Waals surface area contributed by atoms with E-state index in [1.165, 1.54) is 6.07 Å². The normalized spacial score (nSPS) is 13.2. The smallest absolute Gasteiger partial charge is 0.264 e. The highest BCUT2D eigenvalue weighted by atomic mass is 35.5. The summed E-state index contributed by atoms with van der Waals surface area (Å²) in [6, 6.07) is 4.73. The molecule has 0 atom stereocenters. The third-order valence-corrected chi connectivity index (χ3v) is 4.06. The minimum absolute atomic E-state index is 0.0213. The Kier molecular flexibility index (Phi) is 3.11. The van der Waals surface area contributed by atoms with Gasteiger partial charge < -0.3 is 9.47 Å². The van der Waals surface area contributed by atoms with Crippen LogP contribution in [0.3, 0.4) is 0 Å². The molecule has 104 valence electrons. The van der Waals surface area contributed by atoms with Crippen molar-refractivity contribution in [3.05, 3.63) is 35.9 Å². The Hall–Kier alpha value is -2.06. The van der Waals surface area contributed by atoms with E-state index in [4.69, 9.17) is 21.1 Å². The van der Waals surface area contributed by atoms with E-state index >= 15 is 0 Å². The number of halogens is 1. The van der Waals surface area contributed by atoms with E-state index in [0.29, 0.717) is 17.2 Å². The molecule has 0 amide bonds. The van der Waals surface area contributed by atoms with E-state index in [2.05, 4.69) is 14.7 Å². The van der Waals surface area contributed by atoms with E-state index in [1.54, 1.807) is 12.1 Å². The first-order valence-electron chi connectivity index (χ1n) is 5.45. The van der Waals surface area contributed by atoms with Gasteiger partial charge in [-0.3, -0.25) is 4.72 Å². The number of ether oxygens (including phenoxy) is 2. The fourth-order valence-corrected chi connectivity index (χ4v) is 2.65. The van der Waals surface area contributed by atoms with E-state index < -0.39 is 10.0 Å². The molecular weight excluding hydrogens is 306 g/mol. The number of sulfonamides is 1. The predicted molar refractivity (Wildman–Crippen MR) is 70.4 cm³/mol. The van der Waals surface area contributed by atoms with Crippen LogP contribution in [0.5, 0.6) is 11.5 Å². The van der Waals surface area contributed by atoms with Crippen LogP contribution < -0.4 is 14.2 Å². The van der Waals surface area contributed by atoms with Gasteiger partial charge in [-0.25, -0.2) is 18.4 Å². The summed E-state index contributed by atoms with van der Waals surface area (Å²) >= 11 is 5.52. The molecule has 2 aromatic rings. The molecule has 1 aromatic carbocycles. The third kappa shape index (κ3) is 2.47. The first-order chi connectivity index (χ1) is 9.54. The molecule has 2 heterocycles. The molecule has 0 unspecified atom stereocenters. The molecule has 0 radical (unpaired) electrons. The van der Waals surface area contributed by atoms with E-state index in [-0.39, 0.29) is 17.0 Å². The Morgan fingerprint density at radius 1 is 1.15 bits per heavy atom. The molecule has 3 rings (SSSR count). The lowest BCUT2D eigenvalue weighted by molar-refractivity contribution is 0.174. The standard InChI is InChI=1S/C11H8ClN3O4S/c12-11-13-4-8(5-14-11)20(16,17)15-7-1-2-9-10(3-7)19-6-18-9/h1-5,15H,6H2. The van der Waals surface area contributed by atoms with Crippen molar-refractivity contribution in [1.82, 2.24) is 9.97 Å². The Bertz CT molecular complexity index is 749. The van der Waals surface area contributed by atoms with Gasteiger partial charge in [-0.05, 0) is 23.7 Å². The van der Waals surface area contributed by atoms with Crippen molar-refractivity contribution in [1.29, 1.82) is 0 Å². The lowest BCUT2D eigenvalue weighted by atomic mass is 10.3. The zero-order chi connectivity index (χ0) is 14.2. The molecule has 1 aliphatic rings. The topological polar surface area (TPSA) is 90.4 Å². The SMILES string of the molecule is O=S(=O)(Nc1ccc2c(c1)OCO2)c1cnc(Cl)nc1. The quantitative estimate of drug-likeness (QED) is 0.867. The van der Waals surface area contributed by atoms with Crippen molar-refractivity contribution in [2.75, 3.05) is 11.5 Å². The molecule has 20 heavy (non-hydrogen) atoms. The molecule has 9 heteroatoms. The first-order valence-corrected chi connectivity index (χ1v) is 7.31. The highest BCUT2D eigenvalue weighted by molar-refractivity contribution is 7.92. The summed E-state index contributed by atoms with van der Waals surface area (Å²) in [5.41, 5.74) is 0.351. The minimum atomic E-state index is -3.78. The molecule has 0 saturated carbocycles. The van der Waals surface area contributed by atoms with Gasteiger partial charge in [0.1, 0.15) is 4.90 Å². The molecule has 1 aliphatic heterocycles. The number of hydrogen-bond donors (Lipinski definition) is 1. The predicted octanol–water partition coefficient (Wildman–Crippen LogP) is 1.66. The molecule has 0 fully saturated rings. The molecule has 0 spiro atoms. The number of rotatable bonds is 3. The van der Waals surface area contributed by atoms with Crippen molar-refractivity contribution in [2.24, 2.45) is 0 Å².